The van der Waals surface area contributed by atoms with E-state index in [4.69, 9.17) is 9.47 Å². The van der Waals surface area contributed by atoms with E-state index < -0.39 is 9.84 Å². The summed E-state index contributed by atoms with van der Waals surface area (Å²) in [7, 11) is 0.0728. The summed E-state index contributed by atoms with van der Waals surface area (Å²) in [6.45, 7) is 0. The van der Waals surface area contributed by atoms with Gasteiger partial charge in [-0.2, -0.15) is 0 Å². The lowest BCUT2D eigenvalue weighted by molar-refractivity contribution is 0.183. The van der Waals surface area contributed by atoms with Gasteiger partial charge >= 0.3 is 0 Å². The molecule has 7 heteroatoms. The molecule has 0 saturated carbocycles. The molecule has 0 radical (unpaired) electrons. The lowest BCUT2D eigenvalue weighted by Crippen LogP contribution is -2.24. The van der Waals surface area contributed by atoms with Crippen molar-refractivity contribution in [3.05, 3.63) is 20.5 Å². The predicted molar refractivity (Wildman–Crippen MR) is 71.6 cm³/mol. The maximum atomic E-state index is 11.7. The molecule has 2 atom stereocenters. The Morgan fingerprint density at radius 1 is 1.00 bits per heavy atom. The van der Waals surface area contributed by atoms with Gasteiger partial charge in [0.2, 0.25) is 0 Å². The molecule has 0 aromatic heterocycles. The van der Waals surface area contributed by atoms with Crippen molar-refractivity contribution in [1.29, 1.82) is 0 Å². The Labute approximate surface area is 117 Å². The van der Waals surface area contributed by atoms with Crippen molar-refractivity contribution in [2.75, 3.05) is 25.7 Å². The van der Waals surface area contributed by atoms with E-state index in [1.54, 1.807) is 14.2 Å². The van der Waals surface area contributed by atoms with Crippen molar-refractivity contribution in [3.8, 4) is 0 Å². The summed E-state index contributed by atoms with van der Waals surface area (Å²) in [5.41, 5.74) is 0. The van der Waals surface area contributed by atoms with Crippen molar-refractivity contribution in [1.82, 2.24) is 0 Å². The van der Waals surface area contributed by atoms with Gasteiger partial charge in [-0.25, -0.2) is 8.42 Å². The highest BCUT2D eigenvalue weighted by molar-refractivity contribution is 9.15. The number of methoxy groups -OCH3 is 2. The molecule has 0 aromatic rings. The Bertz CT molecular complexity index is 466. The summed E-state index contributed by atoms with van der Waals surface area (Å²) in [4.78, 5) is 0. The number of halogens is 2. The SMILES string of the molecule is COC1=C(Br)C(Br)=C(OC)C2CS(=O)(=O)CC12. The van der Waals surface area contributed by atoms with Gasteiger partial charge in [-0.1, -0.05) is 0 Å². The lowest BCUT2D eigenvalue weighted by atomic mass is 9.88. The molecule has 4 nitrogen and oxygen atoms in total. The first kappa shape index (κ1) is 13.4. The van der Waals surface area contributed by atoms with Crippen LogP contribution in [0.2, 0.25) is 0 Å². The highest BCUT2D eigenvalue weighted by Gasteiger charge is 2.47. The predicted octanol–water partition coefficient (Wildman–Crippen LogP) is 2.17. The van der Waals surface area contributed by atoms with E-state index in [1.807, 2.05) is 0 Å². The van der Waals surface area contributed by atoms with Crippen LogP contribution in [0.15, 0.2) is 20.5 Å². The van der Waals surface area contributed by atoms with Gasteiger partial charge in [-0.3, -0.25) is 0 Å². The highest BCUT2D eigenvalue weighted by atomic mass is 79.9. The van der Waals surface area contributed by atoms with Crippen molar-refractivity contribution >= 4 is 41.7 Å². The third kappa shape index (κ3) is 2.17. The molecule has 1 aliphatic heterocycles. The molecule has 2 aliphatic rings. The van der Waals surface area contributed by atoms with Crippen LogP contribution < -0.4 is 0 Å². The van der Waals surface area contributed by atoms with Gasteiger partial charge in [-0.05, 0) is 31.9 Å². The van der Waals surface area contributed by atoms with Crippen LogP contribution in [-0.4, -0.2) is 34.1 Å². The number of hydrogen-bond donors (Lipinski definition) is 0. The zero-order valence-corrected chi connectivity index (χ0v) is 13.4. The standard InChI is InChI=1S/C10H12Br2O4S/c1-15-9-5-3-17(13,14)4-6(5)10(16-2)8(12)7(9)11/h5-6H,3-4H2,1-2H3. The third-order valence-electron chi connectivity index (χ3n) is 3.09. The fourth-order valence-corrected chi connectivity index (χ4v) is 5.69. The molecule has 1 aliphatic carbocycles. The van der Waals surface area contributed by atoms with Crippen LogP contribution in [0.1, 0.15) is 0 Å². The van der Waals surface area contributed by atoms with Gasteiger partial charge in [-0.15, -0.1) is 0 Å². The van der Waals surface area contributed by atoms with Gasteiger partial charge in [0.15, 0.2) is 9.84 Å². The molecule has 2 unspecified atom stereocenters. The fourth-order valence-electron chi connectivity index (χ4n) is 2.39. The molecule has 0 aromatic carbocycles. The number of ether oxygens (including phenoxy) is 2. The van der Waals surface area contributed by atoms with Crippen molar-refractivity contribution < 1.29 is 17.9 Å². The monoisotopic (exact) mass is 386 g/mol. The van der Waals surface area contributed by atoms with Gasteiger partial charge in [0.25, 0.3) is 0 Å². The van der Waals surface area contributed by atoms with E-state index in [-0.39, 0.29) is 23.3 Å². The topological polar surface area (TPSA) is 52.6 Å². The van der Waals surface area contributed by atoms with E-state index in [1.165, 1.54) is 0 Å². The Morgan fingerprint density at radius 2 is 1.35 bits per heavy atom. The second-order valence-corrected chi connectivity index (χ2v) is 7.79. The van der Waals surface area contributed by atoms with Crippen LogP contribution in [0, 0.1) is 11.8 Å². The van der Waals surface area contributed by atoms with Gasteiger partial charge in [0, 0.05) is 11.8 Å². The quantitative estimate of drug-likeness (QED) is 0.728. The summed E-state index contributed by atoms with van der Waals surface area (Å²) in [6.07, 6.45) is 0. The van der Waals surface area contributed by atoms with Crippen LogP contribution in [0.4, 0.5) is 0 Å². The summed E-state index contributed by atoms with van der Waals surface area (Å²) in [6, 6.07) is 0. The number of hydrogen-bond acceptors (Lipinski definition) is 4. The molecule has 0 bridgehead atoms. The zero-order valence-electron chi connectivity index (χ0n) is 9.37. The summed E-state index contributed by atoms with van der Waals surface area (Å²) >= 11 is 6.82. The smallest absolute Gasteiger partial charge is 0.151 e. The zero-order chi connectivity index (χ0) is 12.8. The minimum atomic E-state index is -3.03. The highest BCUT2D eigenvalue weighted by Crippen LogP contribution is 2.48. The molecule has 96 valence electrons. The van der Waals surface area contributed by atoms with Crippen LogP contribution in [-0.2, 0) is 19.3 Å². The van der Waals surface area contributed by atoms with E-state index in [0.717, 1.165) is 8.96 Å². The molecule has 1 saturated heterocycles. The summed E-state index contributed by atoms with van der Waals surface area (Å²) in [5.74, 6) is 1.25. The van der Waals surface area contributed by atoms with Crippen molar-refractivity contribution in [3.63, 3.8) is 0 Å². The summed E-state index contributed by atoms with van der Waals surface area (Å²) < 4.78 is 35.6. The average Bonchev–Trinajstić information content (AvgIpc) is 2.56. The second-order valence-electron chi connectivity index (χ2n) is 4.05. The minimum Gasteiger partial charge on any atom is -0.500 e. The van der Waals surface area contributed by atoms with E-state index in [2.05, 4.69) is 31.9 Å². The Hall–Kier alpha value is -0.0100. The molecule has 17 heavy (non-hydrogen) atoms. The number of sulfone groups is 1. The molecular weight excluding hydrogens is 376 g/mol. The summed E-state index contributed by atoms with van der Waals surface area (Å²) in [5, 5.41) is 0. The average molecular weight is 388 g/mol. The van der Waals surface area contributed by atoms with E-state index in [9.17, 15) is 8.42 Å². The molecular formula is C10H12Br2O4S. The first-order valence-electron chi connectivity index (χ1n) is 4.99. The Morgan fingerprint density at radius 3 is 1.65 bits per heavy atom. The molecule has 0 amide bonds. The minimum absolute atomic E-state index is 0.114. The van der Waals surface area contributed by atoms with E-state index >= 15 is 0 Å². The molecule has 1 fully saturated rings. The van der Waals surface area contributed by atoms with Crippen LogP contribution >= 0.6 is 31.9 Å². The number of allylic oxidation sites excluding steroid dienone is 4. The normalized spacial score (nSPS) is 31.5. The van der Waals surface area contributed by atoms with E-state index in [0.29, 0.717) is 11.5 Å². The van der Waals surface area contributed by atoms with Gasteiger partial charge < -0.3 is 9.47 Å². The third-order valence-corrected chi connectivity index (χ3v) is 6.93. The van der Waals surface area contributed by atoms with Gasteiger partial charge in [0.05, 0.1) is 34.7 Å². The first-order chi connectivity index (χ1) is 7.91. The van der Waals surface area contributed by atoms with Crippen molar-refractivity contribution in [2.45, 2.75) is 0 Å². The van der Waals surface area contributed by atoms with Crippen LogP contribution in [0.3, 0.4) is 0 Å². The van der Waals surface area contributed by atoms with Crippen LogP contribution in [0.5, 0.6) is 0 Å². The Kier molecular flexibility index (Phi) is 3.62. The Balaban J connectivity index is 2.56. The fraction of sp³-hybridized carbons (Fsp3) is 0.600. The molecule has 0 N–H and O–H groups in total. The first-order valence-corrected chi connectivity index (χ1v) is 8.40. The molecule has 1 heterocycles. The van der Waals surface area contributed by atoms with Crippen LogP contribution in [0.25, 0.3) is 0 Å². The number of rotatable bonds is 2. The number of fused-ring (bicyclic) bond motifs is 1. The maximum Gasteiger partial charge on any atom is 0.151 e. The largest absolute Gasteiger partial charge is 0.500 e. The van der Waals surface area contributed by atoms with Crippen molar-refractivity contribution in [2.24, 2.45) is 11.8 Å². The van der Waals surface area contributed by atoms with Gasteiger partial charge in [0.1, 0.15) is 11.5 Å². The lowest BCUT2D eigenvalue weighted by Gasteiger charge is -2.28. The molecule has 0 spiro atoms. The maximum absolute atomic E-state index is 11.7. The molecule has 2 rings (SSSR count). The second kappa shape index (κ2) is 4.59.